The van der Waals surface area contributed by atoms with Gasteiger partial charge in [0.1, 0.15) is 23.9 Å². The van der Waals surface area contributed by atoms with E-state index in [4.69, 9.17) is 23.6 Å². The van der Waals surface area contributed by atoms with E-state index in [9.17, 15) is 9.18 Å². The number of rotatable bonds is 7. The SMILES string of the molecule is Cc1onc(-c2ccc(F)cn2)c1COc1cc(OC(=O)NCCO)on1. The van der Waals surface area contributed by atoms with Crippen LogP contribution in [0.1, 0.15) is 11.3 Å². The minimum atomic E-state index is -0.800. The summed E-state index contributed by atoms with van der Waals surface area (Å²) in [4.78, 5) is 15.3. The number of ether oxygens (including phenoxy) is 2. The van der Waals surface area contributed by atoms with E-state index in [2.05, 4.69) is 20.6 Å². The summed E-state index contributed by atoms with van der Waals surface area (Å²) in [6.07, 6.45) is 0.277. The number of aliphatic hydroxyl groups excluding tert-OH is 1. The zero-order valence-corrected chi connectivity index (χ0v) is 14.1. The molecule has 3 aromatic rings. The smallest absolute Gasteiger partial charge is 0.415 e. The summed E-state index contributed by atoms with van der Waals surface area (Å²) < 4.78 is 33.3. The lowest BCUT2D eigenvalue weighted by Gasteiger charge is -2.03. The molecule has 0 aliphatic carbocycles. The summed E-state index contributed by atoms with van der Waals surface area (Å²) in [7, 11) is 0. The van der Waals surface area contributed by atoms with Gasteiger partial charge in [0.05, 0.1) is 30.1 Å². The number of aromatic nitrogens is 3. The normalized spacial score (nSPS) is 10.6. The van der Waals surface area contributed by atoms with Gasteiger partial charge in [-0.3, -0.25) is 4.98 Å². The fourth-order valence-electron chi connectivity index (χ4n) is 2.07. The van der Waals surface area contributed by atoms with Crippen LogP contribution in [-0.4, -0.2) is 39.6 Å². The van der Waals surface area contributed by atoms with E-state index in [1.807, 2.05) is 0 Å². The number of aliphatic hydroxyl groups is 1. The standard InChI is InChI=1S/C16H15FN4O6/c1-9-11(15(21-26-9)12-3-2-10(17)7-19-12)8-24-13-6-14(27-20-13)25-16(23)18-4-5-22/h2-3,6-7,22H,4-5,8H2,1H3,(H,18,23). The monoisotopic (exact) mass is 378 g/mol. The quantitative estimate of drug-likeness (QED) is 0.631. The highest BCUT2D eigenvalue weighted by molar-refractivity contribution is 5.69. The lowest BCUT2D eigenvalue weighted by molar-refractivity contribution is 0.175. The molecular weight excluding hydrogens is 363 g/mol. The van der Waals surface area contributed by atoms with Crippen LogP contribution in [0.2, 0.25) is 0 Å². The molecule has 142 valence electrons. The molecule has 0 aliphatic rings. The molecule has 0 saturated carbocycles. The second kappa shape index (κ2) is 8.27. The van der Waals surface area contributed by atoms with Crippen molar-refractivity contribution in [2.24, 2.45) is 0 Å². The number of amides is 1. The molecule has 0 fully saturated rings. The molecule has 0 atom stereocenters. The van der Waals surface area contributed by atoms with Gasteiger partial charge in [0, 0.05) is 6.54 Å². The summed E-state index contributed by atoms with van der Waals surface area (Å²) in [5.41, 5.74) is 1.44. The van der Waals surface area contributed by atoms with Gasteiger partial charge in [-0.05, 0) is 24.2 Å². The van der Waals surface area contributed by atoms with Gasteiger partial charge in [0.2, 0.25) is 0 Å². The van der Waals surface area contributed by atoms with E-state index in [-0.39, 0.29) is 31.6 Å². The number of aryl methyl sites for hydroxylation is 1. The summed E-state index contributed by atoms with van der Waals surface area (Å²) in [6.45, 7) is 1.54. The van der Waals surface area contributed by atoms with Gasteiger partial charge in [-0.15, -0.1) is 0 Å². The van der Waals surface area contributed by atoms with Crippen molar-refractivity contribution in [1.82, 2.24) is 20.6 Å². The largest absolute Gasteiger partial charge is 0.470 e. The van der Waals surface area contributed by atoms with Gasteiger partial charge in [0.25, 0.3) is 5.88 Å². The van der Waals surface area contributed by atoms with Crippen LogP contribution in [0, 0.1) is 12.7 Å². The molecule has 0 unspecified atom stereocenters. The number of hydrogen-bond donors (Lipinski definition) is 2. The number of halogens is 1. The van der Waals surface area contributed by atoms with Crippen molar-refractivity contribution in [2.45, 2.75) is 13.5 Å². The Kier molecular flexibility index (Phi) is 5.61. The first-order chi connectivity index (χ1) is 13.1. The van der Waals surface area contributed by atoms with Gasteiger partial charge in [-0.25, -0.2) is 9.18 Å². The minimum absolute atomic E-state index is 0.0202. The molecule has 0 saturated heterocycles. The third-order valence-corrected chi connectivity index (χ3v) is 3.36. The van der Waals surface area contributed by atoms with Crippen molar-refractivity contribution in [3.63, 3.8) is 0 Å². The Balaban J connectivity index is 1.65. The fraction of sp³-hybridized carbons (Fsp3) is 0.250. The van der Waals surface area contributed by atoms with Crippen LogP contribution < -0.4 is 14.8 Å². The van der Waals surface area contributed by atoms with E-state index in [1.54, 1.807) is 6.92 Å². The molecule has 0 aliphatic heterocycles. The van der Waals surface area contributed by atoms with Crippen molar-refractivity contribution in [1.29, 1.82) is 0 Å². The highest BCUT2D eigenvalue weighted by Crippen LogP contribution is 2.26. The lowest BCUT2D eigenvalue weighted by atomic mass is 10.1. The zero-order valence-electron chi connectivity index (χ0n) is 14.1. The summed E-state index contributed by atoms with van der Waals surface area (Å²) >= 11 is 0. The average Bonchev–Trinajstić information content (AvgIpc) is 3.25. The van der Waals surface area contributed by atoms with Crippen molar-refractivity contribution >= 4 is 6.09 Å². The van der Waals surface area contributed by atoms with Crippen molar-refractivity contribution in [2.75, 3.05) is 13.2 Å². The Hall–Kier alpha value is -3.47. The third-order valence-electron chi connectivity index (χ3n) is 3.36. The van der Waals surface area contributed by atoms with Gasteiger partial charge < -0.3 is 28.9 Å². The maximum absolute atomic E-state index is 13.0. The zero-order chi connectivity index (χ0) is 19.2. The molecule has 0 aromatic carbocycles. The van der Waals surface area contributed by atoms with Crippen LogP contribution in [0.25, 0.3) is 11.4 Å². The Bertz CT molecular complexity index is 908. The van der Waals surface area contributed by atoms with E-state index >= 15 is 0 Å². The molecule has 10 nitrogen and oxygen atoms in total. The van der Waals surface area contributed by atoms with Gasteiger partial charge >= 0.3 is 12.0 Å². The molecule has 11 heteroatoms. The second-order valence-electron chi connectivity index (χ2n) is 5.24. The fourth-order valence-corrected chi connectivity index (χ4v) is 2.07. The van der Waals surface area contributed by atoms with E-state index in [0.29, 0.717) is 22.7 Å². The Morgan fingerprint density at radius 3 is 2.93 bits per heavy atom. The third kappa shape index (κ3) is 4.58. The number of carbonyl (C=O) groups excluding carboxylic acids is 1. The molecule has 3 heterocycles. The molecule has 3 rings (SSSR count). The molecule has 0 spiro atoms. The van der Waals surface area contributed by atoms with Crippen LogP contribution in [0.15, 0.2) is 33.4 Å². The van der Waals surface area contributed by atoms with Crippen LogP contribution in [0.3, 0.4) is 0 Å². The highest BCUT2D eigenvalue weighted by Gasteiger charge is 2.18. The molecule has 2 N–H and O–H groups in total. The second-order valence-corrected chi connectivity index (χ2v) is 5.24. The summed E-state index contributed by atoms with van der Waals surface area (Å²) in [5, 5.41) is 18.5. The number of nitrogens with zero attached hydrogens (tertiary/aromatic N) is 3. The Labute approximate surface area is 151 Å². The maximum Gasteiger partial charge on any atom is 0.415 e. The average molecular weight is 378 g/mol. The predicted octanol–water partition coefficient (Wildman–Crippen LogP) is 1.83. The van der Waals surface area contributed by atoms with Crippen LogP contribution in [-0.2, 0) is 6.61 Å². The number of carbonyl (C=O) groups is 1. The number of hydrogen-bond acceptors (Lipinski definition) is 9. The van der Waals surface area contributed by atoms with Crippen LogP contribution in [0.4, 0.5) is 9.18 Å². The molecular formula is C16H15FN4O6. The topological polar surface area (TPSA) is 133 Å². The van der Waals surface area contributed by atoms with Gasteiger partial charge in [-0.2, -0.15) is 0 Å². The Morgan fingerprint density at radius 1 is 1.33 bits per heavy atom. The van der Waals surface area contributed by atoms with Crippen molar-refractivity contribution in [3.05, 3.63) is 41.5 Å². The molecule has 1 amide bonds. The number of pyridine rings is 1. The first-order valence-corrected chi connectivity index (χ1v) is 7.80. The minimum Gasteiger partial charge on any atom is -0.470 e. The van der Waals surface area contributed by atoms with E-state index in [0.717, 1.165) is 6.20 Å². The Morgan fingerprint density at radius 2 is 2.19 bits per heavy atom. The number of nitrogens with one attached hydrogen (secondary N) is 1. The van der Waals surface area contributed by atoms with E-state index < -0.39 is 11.9 Å². The molecule has 0 bridgehead atoms. The van der Waals surface area contributed by atoms with Crippen LogP contribution >= 0.6 is 0 Å². The maximum atomic E-state index is 13.0. The summed E-state index contributed by atoms with van der Waals surface area (Å²) in [5.74, 6) is -0.0733. The first-order valence-electron chi connectivity index (χ1n) is 7.80. The molecule has 27 heavy (non-hydrogen) atoms. The van der Waals surface area contributed by atoms with Gasteiger partial charge in [0.15, 0.2) is 0 Å². The van der Waals surface area contributed by atoms with Crippen LogP contribution in [0.5, 0.6) is 11.8 Å². The van der Waals surface area contributed by atoms with Crippen molar-refractivity contribution in [3.8, 4) is 23.2 Å². The lowest BCUT2D eigenvalue weighted by Crippen LogP contribution is -2.29. The predicted molar refractivity (Wildman–Crippen MR) is 86.4 cm³/mol. The first kappa shape index (κ1) is 18.3. The highest BCUT2D eigenvalue weighted by atomic mass is 19.1. The molecule has 3 aromatic heterocycles. The van der Waals surface area contributed by atoms with E-state index in [1.165, 1.54) is 18.2 Å². The molecule has 0 radical (unpaired) electrons. The summed E-state index contributed by atoms with van der Waals surface area (Å²) in [6, 6.07) is 4.01. The van der Waals surface area contributed by atoms with Gasteiger partial charge in [-0.1, -0.05) is 5.16 Å². The van der Waals surface area contributed by atoms with Crippen molar-refractivity contribution < 1.29 is 32.8 Å².